The Hall–Kier alpha value is -2.63. The zero-order valence-electron chi connectivity index (χ0n) is 14.8. The third-order valence-corrected chi connectivity index (χ3v) is 3.96. The van der Waals surface area contributed by atoms with Gasteiger partial charge in [0.15, 0.2) is 0 Å². The Labute approximate surface area is 142 Å². The van der Waals surface area contributed by atoms with Crippen LogP contribution in [0, 0.1) is 20.8 Å². The number of hydrogen-bond acceptors (Lipinski definition) is 3. The average molecular weight is 328 g/mol. The van der Waals surface area contributed by atoms with Gasteiger partial charge < -0.3 is 10.6 Å². The van der Waals surface area contributed by atoms with Gasteiger partial charge in [-0.25, -0.2) is 0 Å². The van der Waals surface area contributed by atoms with Crippen LogP contribution < -0.4 is 10.6 Å². The van der Waals surface area contributed by atoms with Crippen LogP contribution in [0.2, 0.25) is 0 Å². The molecule has 0 saturated heterocycles. The highest BCUT2D eigenvalue weighted by Gasteiger charge is 2.18. The van der Waals surface area contributed by atoms with Crippen molar-refractivity contribution in [2.24, 2.45) is 7.05 Å². The fourth-order valence-electron chi connectivity index (χ4n) is 2.56. The molecule has 2 amide bonds. The Kier molecular flexibility index (Phi) is 5.39. The van der Waals surface area contributed by atoms with E-state index < -0.39 is 0 Å². The van der Waals surface area contributed by atoms with Crippen molar-refractivity contribution >= 4 is 11.8 Å². The SMILES string of the molecule is Cc1cccc(C(=O)NCC(C)NC(=O)c2c(C)c(C)nn2C)c1. The summed E-state index contributed by atoms with van der Waals surface area (Å²) in [6.07, 6.45) is 0. The van der Waals surface area contributed by atoms with Crippen LogP contribution in [-0.2, 0) is 7.05 Å². The van der Waals surface area contributed by atoms with Crippen molar-refractivity contribution in [3.8, 4) is 0 Å². The summed E-state index contributed by atoms with van der Waals surface area (Å²) in [4.78, 5) is 24.5. The molecule has 2 aromatic rings. The topological polar surface area (TPSA) is 76.0 Å². The van der Waals surface area contributed by atoms with Gasteiger partial charge in [0.25, 0.3) is 11.8 Å². The quantitative estimate of drug-likeness (QED) is 0.880. The number of nitrogens with zero attached hydrogens (tertiary/aromatic N) is 2. The Morgan fingerprint density at radius 2 is 1.92 bits per heavy atom. The summed E-state index contributed by atoms with van der Waals surface area (Å²) in [5, 5.41) is 9.98. The van der Waals surface area contributed by atoms with Gasteiger partial charge in [0.2, 0.25) is 0 Å². The molecule has 0 radical (unpaired) electrons. The molecular formula is C18H24N4O2. The summed E-state index contributed by atoms with van der Waals surface area (Å²) in [5.41, 5.74) is 3.90. The van der Waals surface area contributed by atoms with Gasteiger partial charge in [-0.05, 0) is 39.8 Å². The Balaban J connectivity index is 1.92. The van der Waals surface area contributed by atoms with Crippen LogP contribution in [-0.4, -0.2) is 34.2 Å². The lowest BCUT2D eigenvalue weighted by Crippen LogP contribution is -2.42. The van der Waals surface area contributed by atoms with Crippen LogP contribution in [0.4, 0.5) is 0 Å². The first-order valence-electron chi connectivity index (χ1n) is 7.95. The highest BCUT2D eigenvalue weighted by atomic mass is 16.2. The number of aromatic nitrogens is 2. The van der Waals surface area contributed by atoms with E-state index in [-0.39, 0.29) is 17.9 Å². The molecule has 0 bridgehead atoms. The summed E-state index contributed by atoms with van der Waals surface area (Å²) >= 11 is 0. The maximum atomic E-state index is 12.4. The van der Waals surface area contributed by atoms with Crippen molar-refractivity contribution in [2.75, 3.05) is 6.54 Å². The molecule has 0 aliphatic rings. The minimum atomic E-state index is -0.194. The molecule has 0 fully saturated rings. The number of hydrogen-bond donors (Lipinski definition) is 2. The lowest BCUT2D eigenvalue weighted by molar-refractivity contribution is 0.0906. The molecule has 1 heterocycles. The van der Waals surface area contributed by atoms with E-state index in [1.165, 1.54) is 0 Å². The summed E-state index contributed by atoms with van der Waals surface area (Å²) in [5.74, 6) is -0.333. The molecule has 1 aromatic heterocycles. The van der Waals surface area contributed by atoms with Gasteiger partial charge in [0.1, 0.15) is 5.69 Å². The molecule has 1 unspecified atom stereocenters. The van der Waals surface area contributed by atoms with Crippen molar-refractivity contribution in [2.45, 2.75) is 33.7 Å². The van der Waals surface area contributed by atoms with Crippen LogP contribution in [0.5, 0.6) is 0 Å². The average Bonchev–Trinajstić information content (AvgIpc) is 2.77. The lowest BCUT2D eigenvalue weighted by Gasteiger charge is -2.15. The van der Waals surface area contributed by atoms with E-state index in [4.69, 9.17) is 0 Å². The van der Waals surface area contributed by atoms with Crippen LogP contribution in [0.25, 0.3) is 0 Å². The monoisotopic (exact) mass is 328 g/mol. The maximum absolute atomic E-state index is 12.4. The second-order valence-corrected chi connectivity index (χ2v) is 6.14. The predicted octanol–water partition coefficient (Wildman–Crippen LogP) is 1.89. The third-order valence-electron chi connectivity index (χ3n) is 3.96. The van der Waals surface area contributed by atoms with E-state index in [1.807, 2.05) is 45.9 Å². The number of benzene rings is 1. The van der Waals surface area contributed by atoms with Crippen molar-refractivity contribution < 1.29 is 9.59 Å². The maximum Gasteiger partial charge on any atom is 0.270 e. The number of rotatable bonds is 5. The van der Waals surface area contributed by atoms with E-state index in [9.17, 15) is 9.59 Å². The smallest absolute Gasteiger partial charge is 0.270 e. The number of carbonyl (C=O) groups excluding carboxylic acids is 2. The molecule has 6 nitrogen and oxygen atoms in total. The zero-order valence-corrected chi connectivity index (χ0v) is 14.8. The first kappa shape index (κ1) is 17.7. The Morgan fingerprint density at radius 1 is 1.21 bits per heavy atom. The second kappa shape index (κ2) is 7.29. The van der Waals surface area contributed by atoms with Gasteiger partial charge in [-0.1, -0.05) is 17.7 Å². The van der Waals surface area contributed by atoms with E-state index >= 15 is 0 Å². The molecule has 6 heteroatoms. The highest BCUT2D eigenvalue weighted by Crippen LogP contribution is 2.11. The Morgan fingerprint density at radius 3 is 2.50 bits per heavy atom. The summed E-state index contributed by atoms with van der Waals surface area (Å²) < 4.78 is 1.58. The van der Waals surface area contributed by atoms with E-state index in [0.29, 0.717) is 17.8 Å². The van der Waals surface area contributed by atoms with Crippen molar-refractivity contribution in [1.82, 2.24) is 20.4 Å². The molecule has 2 N–H and O–H groups in total. The fourth-order valence-corrected chi connectivity index (χ4v) is 2.56. The molecule has 1 atom stereocenters. The van der Waals surface area contributed by atoms with Gasteiger partial charge >= 0.3 is 0 Å². The summed E-state index contributed by atoms with van der Waals surface area (Å²) in [6.45, 7) is 7.90. The van der Waals surface area contributed by atoms with E-state index in [1.54, 1.807) is 17.8 Å². The minimum absolute atomic E-state index is 0.146. The normalized spacial score (nSPS) is 11.9. The van der Waals surface area contributed by atoms with Gasteiger partial charge in [-0.2, -0.15) is 5.10 Å². The van der Waals surface area contributed by atoms with Crippen molar-refractivity contribution in [3.05, 3.63) is 52.3 Å². The molecule has 0 saturated carbocycles. The van der Waals surface area contributed by atoms with Crippen LogP contribution in [0.1, 0.15) is 44.6 Å². The van der Waals surface area contributed by atoms with Gasteiger partial charge in [0, 0.05) is 30.8 Å². The fraction of sp³-hybridized carbons (Fsp3) is 0.389. The molecular weight excluding hydrogens is 304 g/mol. The highest BCUT2D eigenvalue weighted by molar-refractivity contribution is 5.95. The Bertz CT molecular complexity index is 764. The second-order valence-electron chi connectivity index (χ2n) is 6.14. The molecule has 0 aliphatic carbocycles. The van der Waals surface area contributed by atoms with Gasteiger partial charge in [-0.3, -0.25) is 14.3 Å². The lowest BCUT2D eigenvalue weighted by atomic mass is 10.1. The van der Waals surface area contributed by atoms with E-state index in [2.05, 4.69) is 15.7 Å². The van der Waals surface area contributed by atoms with Crippen LogP contribution in [0.3, 0.4) is 0 Å². The molecule has 0 spiro atoms. The van der Waals surface area contributed by atoms with Gasteiger partial charge in [-0.15, -0.1) is 0 Å². The first-order chi connectivity index (χ1) is 11.3. The number of carbonyl (C=O) groups is 2. The summed E-state index contributed by atoms with van der Waals surface area (Å²) in [6, 6.07) is 7.20. The largest absolute Gasteiger partial charge is 0.350 e. The molecule has 2 rings (SSSR count). The van der Waals surface area contributed by atoms with Crippen LogP contribution in [0.15, 0.2) is 24.3 Å². The molecule has 0 aliphatic heterocycles. The molecule has 128 valence electrons. The number of amides is 2. The third kappa shape index (κ3) is 4.01. The number of aryl methyl sites for hydroxylation is 3. The van der Waals surface area contributed by atoms with Crippen LogP contribution >= 0.6 is 0 Å². The standard InChI is InChI=1S/C18H24N4O2/c1-11-7-6-8-15(9-11)17(23)19-10-12(2)20-18(24)16-13(3)14(4)21-22(16)5/h6-9,12H,10H2,1-5H3,(H,19,23)(H,20,24). The predicted molar refractivity (Wildman–Crippen MR) is 93.1 cm³/mol. The molecule has 24 heavy (non-hydrogen) atoms. The first-order valence-corrected chi connectivity index (χ1v) is 7.95. The minimum Gasteiger partial charge on any atom is -0.350 e. The number of nitrogens with one attached hydrogen (secondary N) is 2. The van der Waals surface area contributed by atoms with Crippen molar-refractivity contribution in [1.29, 1.82) is 0 Å². The van der Waals surface area contributed by atoms with E-state index in [0.717, 1.165) is 16.8 Å². The van der Waals surface area contributed by atoms with Gasteiger partial charge in [0.05, 0.1) is 5.69 Å². The molecule has 1 aromatic carbocycles. The summed E-state index contributed by atoms with van der Waals surface area (Å²) in [7, 11) is 1.75. The van der Waals surface area contributed by atoms with Crippen molar-refractivity contribution in [3.63, 3.8) is 0 Å². The zero-order chi connectivity index (χ0) is 17.9.